The molecule has 0 aliphatic rings. The molecule has 0 saturated heterocycles. The van der Waals surface area contributed by atoms with Gasteiger partial charge in [-0.1, -0.05) is 12.1 Å². The van der Waals surface area contributed by atoms with Crippen molar-refractivity contribution in [1.82, 2.24) is 4.98 Å². The molecule has 4 aromatic rings. The maximum Gasteiger partial charge on any atom is 0.346 e. The second-order valence-electron chi connectivity index (χ2n) is 5.31. The van der Waals surface area contributed by atoms with Gasteiger partial charge in [0.1, 0.15) is 5.01 Å². The number of benzene rings is 2. The van der Waals surface area contributed by atoms with Crippen molar-refractivity contribution in [3.63, 3.8) is 0 Å². The molecular formula is C16H10N2O5S2. The molecule has 2 aromatic carbocycles. The predicted molar refractivity (Wildman–Crippen MR) is 95.3 cm³/mol. The SMILES string of the molecule is Nc1ccc2cc(-c3nc4ccccc4s3)c(=O)oc2c1S(=O)(=O)O. The van der Waals surface area contributed by atoms with Gasteiger partial charge in [-0.05, 0) is 30.3 Å². The van der Waals surface area contributed by atoms with E-state index in [1.165, 1.54) is 29.5 Å². The van der Waals surface area contributed by atoms with Crippen LogP contribution in [0.1, 0.15) is 0 Å². The Morgan fingerprint density at radius 2 is 1.92 bits per heavy atom. The Hall–Kier alpha value is -2.75. The third-order valence-electron chi connectivity index (χ3n) is 3.67. The van der Waals surface area contributed by atoms with Gasteiger partial charge in [-0.3, -0.25) is 4.55 Å². The van der Waals surface area contributed by atoms with Gasteiger partial charge in [-0.15, -0.1) is 11.3 Å². The second-order valence-corrected chi connectivity index (χ2v) is 7.70. The van der Waals surface area contributed by atoms with Gasteiger partial charge in [-0.25, -0.2) is 9.78 Å². The van der Waals surface area contributed by atoms with E-state index in [-0.39, 0.29) is 16.8 Å². The lowest BCUT2D eigenvalue weighted by Crippen LogP contribution is -2.08. The minimum absolute atomic E-state index is 0.203. The van der Waals surface area contributed by atoms with E-state index in [2.05, 4.69) is 4.98 Å². The summed E-state index contributed by atoms with van der Waals surface area (Å²) >= 11 is 1.32. The van der Waals surface area contributed by atoms with Crippen LogP contribution in [0, 0.1) is 0 Å². The minimum Gasteiger partial charge on any atom is -0.421 e. The number of hydrogen-bond acceptors (Lipinski definition) is 7. The Kier molecular flexibility index (Phi) is 3.39. The molecule has 126 valence electrons. The largest absolute Gasteiger partial charge is 0.421 e. The number of nitrogens with two attached hydrogens (primary N) is 1. The van der Waals surface area contributed by atoms with Crippen LogP contribution in [-0.4, -0.2) is 18.0 Å². The van der Waals surface area contributed by atoms with Gasteiger partial charge < -0.3 is 10.2 Å². The van der Waals surface area contributed by atoms with Gasteiger partial charge in [0.25, 0.3) is 10.1 Å². The van der Waals surface area contributed by atoms with Gasteiger partial charge in [0.15, 0.2) is 10.5 Å². The number of thiazole rings is 1. The minimum atomic E-state index is -4.65. The first-order chi connectivity index (χ1) is 11.8. The lowest BCUT2D eigenvalue weighted by atomic mass is 10.2. The number of nitrogens with zero attached hydrogens (tertiary/aromatic N) is 1. The Labute approximate surface area is 145 Å². The summed E-state index contributed by atoms with van der Waals surface area (Å²) < 4.78 is 38.6. The first-order valence-electron chi connectivity index (χ1n) is 7.04. The topological polar surface area (TPSA) is 123 Å². The molecule has 2 aromatic heterocycles. The lowest BCUT2D eigenvalue weighted by Gasteiger charge is -2.06. The number of rotatable bonds is 2. The summed E-state index contributed by atoms with van der Waals surface area (Å²) in [6, 6.07) is 11.7. The van der Waals surface area contributed by atoms with Gasteiger partial charge in [0, 0.05) is 5.39 Å². The Bertz CT molecular complexity index is 1270. The summed E-state index contributed by atoms with van der Waals surface area (Å²) in [5.74, 6) is 0. The van der Waals surface area contributed by atoms with Crippen molar-refractivity contribution >= 4 is 48.3 Å². The van der Waals surface area contributed by atoms with E-state index in [1.54, 1.807) is 0 Å². The highest BCUT2D eigenvalue weighted by molar-refractivity contribution is 7.86. The summed E-state index contributed by atoms with van der Waals surface area (Å²) in [7, 11) is -4.65. The summed E-state index contributed by atoms with van der Waals surface area (Å²) in [6.45, 7) is 0. The normalized spacial score (nSPS) is 12.0. The Morgan fingerprint density at radius 1 is 1.16 bits per heavy atom. The fourth-order valence-corrected chi connectivity index (χ4v) is 4.31. The molecule has 0 atom stereocenters. The zero-order valence-corrected chi connectivity index (χ0v) is 14.1. The third-order valence-corrected chi connectivity index (χ3v) is 5.68. The first-order valence-corrected chi connectivity index (χ1v) is 9.30. The number of anilines is 1. The summed E-state index contributed by atoms with van der Waals surface area (Å²) in [5.41, 5.74) is 5.32. The molecule has 4 rings (SSSR count). The van der Waals surface area contributed by atoms with E-state index < -0.39 is 20.6 Å². The molecule has 0 amide bonds. The molecule has 0 unspecified atom stereocenters. The number of aromatic nitrogens is 1. The fourth-order valence-electron chi connectivity index (χ4n) is 2.58. The quantitative estimate of drug-likeness (QED) is 0.314. The van der Waals surface area contributed by atoms with Crippen LogP contribution in [0.5, 0.6) is 0 Å². The van der Waals surface area contributed by atoms with Crippen LogP contribution in [0.15, 0.2) is 56.6 Å². The van der Waals surface area contributed by atoms with E-state index in [1.807, 2.05) is 24.3 Å². The molecule has 9 heteroatoms. The van der Waals surface area contributed by atoms with Gasteiger partial charge in [0.05, 0.1) is 21.5 Å². The molecule has 0 radical (unpaired) electrons. The highest BCUT2D eigenvalue weighted by Gasteiger charge is 2.22. The highest BCUT2D eigenvalue weighted by atomic mass is 32.2. The van der Waals surface area contributed by atoms with Crippen LogP contribution >= 0.6 is 11.3 Å². The average molecular weight is 374 g/mol. The Morgan fingerprint density at radius 3 is 2.64 bits per heavy atom. The van der Waals surface area contributed by atoms with Crippen LogP contribution < -0.4 is 11.4 Å². The maximum atomic E-state index is 12.4. The summed E-state index contributed by atoms with van der Waals surface area (Å²) in [4.78, 5) is 16.2. The highest BCUT2D eigenvalue weighted by Crippen LogP contribution is 2.32. The Balaban J connectivity index is 2.03. The van der Waals surface area contributed by atoms with Crippen LogP contribution in [0.2, 0.25) is 0 Å². The van der Waals surface area contributed by atoms with Crippen molar-refractivity contribution in [3.8, 4) is 10.6 Å². The van der Waals surface area contributed by atoms with E-state index in [0.717, 1.165) is 10.2 Å². The summed E-state index contributed by atoms with van der Waals surface area (Å²) in [6.07, 6.45) is 0. The van der Waals surface area contributed by atoms with Gasteiger partial charge >= 0.3 is 5.63 Å². The molecule has 0 saturated carbocycles. The van der Waals surface area contributed by atoms with Gasteiger partial charge in [-0.2, -0.15) is 8.42 Å². The first kappa shape index (κ1) is 15.8. The maximum absolute atomic E-state index is 12.4. The molecule has 7 nitrogen and oxygen atoms in total. The number of para-hydroxylation sites is 1. The predicted octanol–water partition coefficient (Wildman–Crippen LogP) is 2.90. The van der Waals surface area contributed by atoms with Crippen molar-refractivity contribution in [2.45, 2.75) is 4.90 Å². The standard InChI is InChI=1S/C16H10N2O5S2/c17-10-6-5-8-7-9(15-18-11-3-1-2-4-12(11)24-15)16(19)23-13(8)14(10)25(20,21)22/h1-7H,17H2,(H,20,21,22). The molecule has 0 spiro atoms. The lowest BCUT2D eigenvalue weighted by molar-refractivity contribution is 0.480. The zero-order chi connectivity index (χ0) is 17.8. The molecule has 3 N–H and O–H groups in total. The molecular weight excluding hydrogens is 364 g/mol. The molecule has 0 aliphatic carbocycles. The van der Waals surface area contributed by atoms with Crippen molar-refractivity contribution in [3.05, 3.63) is 52.9 Å². The second kappa shape index (κ2) is 5.38. The van der Waals surface area contributed by atoms with Crippen molar-refractivity contribution in [2.24, 2.45) is 0 Å². The van der Waals surface area contributed by atoms with E-state index in [9.17, 15) is 17.8 Å². The van der Waals surface area contributed by atoms with E-state index in [0.29, 0.717) is 10.4 Å². The van der Waals surface area contributed by atoms with E-state index in [4.69, 9.17) is 10.2 Å². The number of fused-ring (bicyclic) bond motifs is 2. The molecule has 0 bridgehead atoms. The average Bonchev–Trinajstić information content (AvgIpc) is 2.96. The third kappa shape index (κ3) is 2.58. The summed E-state index contributed by atoms with van der Waals surface area (Å²) in [5, 5.41) is 0.776. The van der Waals surface area contributed by atoms with Crippen molar-refractivity contribution in [1.29, 1.82) is 0 Å². The fraction of sp³-hybridized carbons (Fsp3) is 0. The monoisotopic (exact) mass is 374 g/mol. The molecule has 2 heterocycles. The van der Waals surface area contributed by atoms with Crippen LogP contribution in [0.25, 0.3) is 31.8 Å². The van der Waals surface area contributed by atoms with Crippen molar-refractivity contribution < 1.29 is 17.4 Å². The number of nitrogen functional groups attached to an aromatic ring is 1. The van der Waals surface area contributed by atoms with E-state index >= 15 is 0 Å². The van der Waals surface area contributed by atoms with Gasteiger partial charge in [0.2, 0.25) is 0 Å². The number of hydrogen-bond donors (Lipinski definition) is 2. The van der Waals surface area contributed by atoms with Crippen molar-refractivity contribution in [2.75, 3.05) is 5.73 Å². The smallest absolute Gasteiger partial charge is 0.346 e. The van der Waals surface area contributed by atoms with Crippen LogP contribution in [-0.2, 0) is 10.1 Å². The molecule has 0 fully saturated rings. The van der Waals surface area contributed by atoms with Crippen LogP contribution in [0.3, 0.4) is 0 Å². The van der Waals surface area contributed by atoms with Crippen LogP contribution in [0.4, 0.5) is 5.69 Å². The molecule has 0 aliphatic heterocycles. The zero-order valence-electron chi connectivity index (χ0n) is 12.5. The molecule has 25 heavy (non-hydrogen) atoms.